The molecule has 0 saturated carbocycles. The zero-order valence-corrected chi connectivity index (χ0v) is 19.6. The SMILES string of the molecule is O=C(CN1CCC(c2nnc(-c3ccc(F)cc3)o2)CC1)N1CCN(c2ccc(Cl)cc2)CC1. The monoisotopic (exact) mass is 483 g/mol. The van der Waals surface area contributed by atoms with E-state index >= 15 is 0 Å². The molecule has 178 valence electrons. The fraction of sp³-hybridized carbons (Fsp3) is 0.400. The molecular formula is C25H27ClFN5O2. The first kappa shape index (κ1) is 22.8. The summed E-state index contributed by atoms with van der Waals surface area (Å²) in [6.07, 6.45) is 1.73. The average Bonchev–Trinajstić information content (AvgIpc) is 3.36. The second-order valence-corrected chi connectivity index (χ2v) is 9.28. The van der Waals surface area contributed by atoms with Gasteiger partial charge in [-0.05, 0) is 74.5 Å². The number of aromatic nitrogens is 2. The molecule has 0 unspecified atom stereocenters. The van der Waals surface area contributed by atoms with Gasteiger partial charge < -0.3 is 14.2 Å². The van der Waals surface area contributed by atoms with Crippen molar-refractivity contribution in [3.05, 3.63) is 65.3 Å². The molecule has 1 aromatic heterocycles. The van der Waals surface area contributed by atoms with E-state index in [0.717, 1.165) is 62.8 Å². The summed E-state index contributed by atoms with van der Waals surface area (Å²) in [5.74, 6) is 1.09. The molecule has 2 aliphatic heterocycles. The highest BCUT2D eigenvalue weighted by Crippen LogP contribution is 2.29. The van der Waals surface area contributed by atoms with E-state index in [1.807, 2.05) is 29.2 Å². The van der Waals surface area contributed by atoms with E-state index in [0.29, 0.717) is 23.9 Å². The van der Waals surface area contributed by atoms with Gasteiger partial charge in [-0.25, -0.2) is 4.39 Å². The van der Waals surface area contributed by atoms with Crippen LogP contribution in [0.1, 0.15) is 24.7 Å². The van der Waals surface area contributed by atoms with Gasteiger partial charge in [0.05, 0.1) is 6.54 Å². The summed E-state index contributed by atoms with van der Waals surface area (Å²) in [4.78, 5) is 19.3. The zero-order chi connectivity index (χ0) is 23.5. The van der Waals surface area contributed by atoms with Crippen molar-refractivity contribution in [1.82, 2.24) is 20.0 Å². The van der Waals surface area contributed by atoms with Crippen molar-refractivity contribution in [3.8, 4) is 11.5 Å². The predicted molar refractivity (Wildman–Crippen MR) is 128 cm³/mol. The van der Waals surface area contributed by atoms with Gasteiger partial charge in [-0.1, -0.05) is 11.6 Å². The number of anilines is 1. The lowest BCUT2D eigenvalue weighted by Crippen LogP contribution is -2.51. The first-order chi connectivity index (χ1) is 16.5. The third kappa shape index (κ3) is 5.23. The van der Waals surface area contributed by atoms with Crippen molar-refractivity contribution in [2.24, 2.45) is 0 Å². The molecule has 0 spiro atoms. The van der Waals surface area contributed by atoms with Crippen molar-refractivity contribution in [1.29, 1.82) is 0 Å². The van der Waals surface area contributed by atoms with Crippen molar-refractivity contribution >= 4 is 23.2 Å². The van der Waals surface area contributed by atoms with Gasteiger partial charge in [-0.3, -0.25) is 9.69 Å². The predicted octanol–water partition coefficient (Wildman–Crippen LogP) is 4.06. The summed E-state index contributed by atoms with van der Waals surface area (Å²) in [7, 11) is 0. The molecule has 2 aromatic carbocycles. The summed E-state index contributed by atoms with van der Waals surface area (Å²) < 4.78 is 19.0. The summed E-state index contributed by atoms with van der Waals surface area (Å²) in [6, 6.07) is 13.9. The van der Waals surface area contributed by atoms with Gasteiger partial charge in [-0.15, -0.1) is 10.2 Å². The molecule has 0 N–H and O–H groups in total. The molecule has 1 amide bonds. The Hall–Kier alpha value is -2.97. The quantitative estimate of drug-likeness (QED) is 0.545. The zero-order valence-electron chi connectivity index (χ0n) is 18.9. The molecule has 3 heterocycles. The number of carbonyl (C=O) groups excluding carboxylic acids is 1. The van der Waals surface area contributed by atoms with Crippen molar-refractivity contribution in [2.75, 3.05) is 50.7 Å². The lowest BCUT2D eigenvalue weighted by atomic mass is 9.97. The van der Waals surface area contributed by atoms with Gasteiger partial charge in [0.1, 0.15) is 5.82 Å². The Bertz CT molecular complexity index is 1110. The summed E-state index contributed by atoms with van der Waals surface area (Å²) in [5, 5.41) is 9.08. The summed E-state index contributed by atoms with van der Waals surface area (Å²) in [6.45, 7) is 5.17. The number of hydrogen-bond acceptors (Lipinski definition) is 6. The van der Waals surface area contributed by atoms with E-state index in [1.54, 1.807) is 12.1 Å². The second kappa shape index (κ2) is 10.1. The van der Waals surface area contributed by atoms with E-state index in [9.17, 15) is 9.18 Å². The number of piperazine rings is 1. The van der Waals surface area contributed by atoms with Crippen LogP contribution >= 0.6 is 11.6 Å². The van der Waals surface area contributed by atoms with Gasteiger partial charge in [0.25, 0.3) is 0 Å². The molecule has 7 nitrogen and oxygen atoms in total. The first-order valence-electron chi connectivity index (χ1n) is 11.6. The Morgan fingerprint density at radius 2 is 1.62 bits per heavy atom. The fourth-order valence-electron chi connectivity index (χ4n) is 4.60. The molecule has 34 heavy (non-hydrogen) atoms. The fourth-order valence-corrected chi connectivity index (χ4v) is 4.73. The van der Waals surface area contributed by atoms with E-state index in [1.165, 1.54) is 12.1 Å². The minimum Gasteiger partial charge on any atom is -0.420 e. The maximum Gasteiger partial charge on any atom is 0.247 e. The molecular weight excluding hydrogens is 457 g/mol. The van der Waals surface area contributed by atoms with Crippen LogP contribution in [0.15, 0.2) is 52.9 Å². The van der Waals surface area contributed by atoms with Crippen LogP contribution in [-0.4, -0.2) is 71.7 Å². The van der Waals surface area contributed by atoms with Crippen molar-refractivity contribution < 1.29 is 13.6 Å². The molecule has 0 bridgehead atoms. The average molecular weight is 484 g/mol. The van der Waals surface area contributed by atoms with Crippen LogP contribution < -0.4 is 4.90 Å². The molecule has 0 atom stereocenters. The van der Waals surface area contributed by atoms with Gasteiger partial charge in [0, 0.05) is 48.4 Å². The Morgan fingerprint density at radius 1 is 0.941 bits per heavy atom. The maximum absolute atomic E-state index is 13.1. The molecule has 0 radical (unpaired) electrons. The Labute approximate surface area is 203 Å². The number of piperidine rings is 1. The van der Waals surface area contributed by atoms with Crippen LogP contribution in [0.4, 0.5) is 10.1 Å². The molecule has 3 aromatic rings. The third-order valence-corrected chi connectivity index (χ3v) is 6.90. The first-order valence-corrected chi connectivity index (χ1v) is 12.0. The number of nitrogens with zero attached hydrogens (tertiary/aromatic N) is 5. The summed E-state index contributed by atoms with van der Waals surface area (Å²) in [5.41, 5.74) is 1.85. The second-order valence-electron chi connectivity index (χ2n) is 8.85. The smallest absolute Gasteiger partial charge is 0.247 e. The van der Waals surface area contributed by atoms with Gasteiger partial charge in [0.2, 0.25) is 17.7 Å². The van der Waals surface area contributed by atoms with E-state index in [-0.39, 0.29) is 17.6 Å². The topological polar surface area (TPSA) is 65.7 Å². The van der Waals surface area contributed by atoms with Crippen LogP contribution in [0.25, 0.3) is 11.5 Å². The van der Waals surface area contributed by atoms with Crippen LogP contribution in [-0.2, 0) is 4.79 Å². The normalized spacial score (nSPS) is 17.8. The maximum atomic E-state index is 13.1. The number of hydrogen-bond donors (Lipinski definition) is 0. The van der Waals surface area contributed by atoms with Gasteiger partial charge in [-0.2, -0.15) is 0 Å². The number of carbonyl (C=O) groups is 1. The third-order valence-electron chi connectivity index (χ3n) is 6.65. The Balaban J connectivity index is 1.08. The van der Waals surface area contributed by atoms with Crippen molar-refractivity contribution in [2.45, 2.75) is 18.8 Å². The van der Waals surface area contributed by atoms with Crippen LogP contribution in [0, 0.1) is 5.82 Å². The highest BCUT2D eigenvalue weighted by atomic mass is 35.5. The number of rotatable bonds is 5. The van der Waals surface area contributed by atoms with Crippen molar-refractivity contribution in [3.63, 3.8) is 0 Å². The van der Waals surface area contributed by atoms with E-state index < -0.39 is 0 Å². The highest BCUT2D eigenvalue weighted by Gasteiger charge is 2.28. The molecule has 2 aliphatic rings. The lowest BCUT2D eigenvalue weighted by molar-refractivity contribution is -0.133. The van der Waals surface area contributed by atoms with Gasteiger partial charge >= 0.3 is 0 Å². The highest BCUT2D eigenvalue weighted by molar-refractivity contribution is 6.30. The van der Waals surface area contributed by atoms with Gasteiger partial charge in [0.15, 0.2) is 0 Å². The van der Waals surface area contributed by atoms with E-state index in [2.05, 4.69) is 20.0 Å². The number of amides is 1. The lowest BCUT2D eigenvalue weighted by Gasteiger charge is -2.37. The minimum absolute atomic E-state index is 0.177. The van der Waals surface area contributed by atoms with E-state index in [4.69, 9.17) is 16.0 Å². The Morgan fingerprint density at radius 3 is 2.29 bits per heavy atom. The molecule has 2 fully saturated rings. The molecule has 0 aliphatic carbocycles. The number of benzene rings is 2. The molecule has 9 heteroatoms. The van der Waals surface area contributed by atoms with Crippen LogP contribution in [0.5, 0.6) is 0 Å². The molecule has 2 saturated heterocycles. The standard InChI is InChI=1S/C25H27ClFN5O2/c26-20-3-7-22(8-4-20)31-13-15-32(16-14-31)23(33)17-30-11-9-19(10-12-30)25-29-28-24(34-25)18-1-5-21(27)6-2-18/h1-8,19H,9-17H2. The number of halogens is 2. The summed E-state index contributed by atoms with van der Waals surface area (Å²) >= 11 is 5.98. The Kier molecular flexibility index (Phi) is 6.78. The number of likely N-dealkylation sites (tertiary alicyclic amines) is 1. The van der Waals surface area contributed by atoms with Crippen LogP contribution in [0.3, 0.4) is 0 Å². The van der Waals surface area contributed by atoms with Crippen LogP contribution in [0.2, 0.25) is 5.02 Å². The minimum atomic E-state index is -0.297. The molecule has 5 rings (SSSR count). The largest absolute Gasteiger partial charge is 0.420 e.